The molecule has 0 aromatic heterocycles. The van der Waals surface area contributed by atoms with Gasteiger partial charge in [-0.2, -0.15) is 0 Å². The molecule has 3 aliphatic carbocycles. The number of likely N-dealkylation sites (tertiary alicyclic amines) is 1. The minimum Gasteiger partial charge on any atom is -0.510 e. The van der Waals surface area contributed by atoms with Crippen molar-refractivity contribution in [1.29, 1.82) is 0 Å². The molecule has 2 amide bonds. The molecule has 2 aromatic carbocycles. The third-order valence-corrected chi connectivity index (χ3v) is 10.0. The van der Waals surface area contributed by atoms with Crippen LogP contribution in [0, 0.1) is 17.8 Å². The molecule has 4 aliphatic rings. The van der Waals surface area contributed by atoms with Gasteiger partial charge in [0.05, 0.1) is 23.2 Å². The second-order valence-electron chi connectivity index (χ2n) is 13.4. The van der Waals surface area contributed by atoms with E-state index in [-0.39, 0.29) is 41.5 Å². The van der Waals surface area contributed by atoms with Gasteiger partial charge < -0.3 is 36.4 Å². The van der Waals surface area contributed by atoms with Crippen LogP contribution in [-0.4, -0.2) is 107 Å². The summed E-state index contributed by atoms with van der Waals surface area (Å²) < 4.78 is 0. The molecule has 1 fully saturated rings. The average molecular weight is 646 g/mol. The number of likely N-dealkylation sites (N-methyl/N-ethyl adjacent to an activating group) is 1. The molecular formula is C34H39N5O8. The molecule has 2 aromatic rings. The van der Waals surface area contributed by atoms with Gasteiger partial charge in [-0.25, -0.2) is 0 Å². The summed E-state index contributed by atoms with van der Waals surface area (Å²) in [6.07, 6.45) is 0.125. The number of hydrogen-bond donors (Lipinski definition) is 6. The van der Waals surface area contributed by atoms with Crippen LogP contribution < -0.4 is 16.0 Å². The van der Waals surface area contributed by atoms with Crippen molar-refractivity contribution in [2.75, 3.05) is 51.5 Å². The van der Waals surface area contributed by atoms with Crippen molar-refractivity contribution < 1.29 is 39.6 Å². The van der Waals surface area contributed by atoms with Crippen molar-refractivity contribution in [1.82, 2.24) is 9.80 Å². The topological polar surface area (TPSA) is 197 Å². The number of rotatable bonds is 7. The predicted octanol–water partition coefficient (Wildman–Crippen LogP) is 1.26. The molecule has 0 unspecified atom stereocenters. The summed E-state index contributed by atoms with van der Waals surface area (Å²) >= 11 is 0. The Bertz CT molecular complexity index is 1760. The van der Waals surface area contributed by atoms with Crippen LogP contribution in [0.15, 0.2) is 59.1 Å². The molecule has 7 N–H and O–H groups in total. The van der Waals surface area contributed by atoms with Crippen molar-refractivity contribution in [3.8, 4) is 5.75 Å². The van der Waals surface area contributed by atoms with Gasteiger partial charge in [0.25, 0.3) is 5.91 Å². The van der Waals surface area contributed by atoms with Crippen LogP contribution in [0.2, 0.25) is 0 Å². The molecule has 0 bridgehead atoms. The largest absolute Gasteiger partial charge is 0.510 e. The Morgan fingerprint density at radius 1 is 1.06 bits per heavy atom. The van der Waals surface area contributed by atoms with E-state index in [1.807, 2.05) is 30.3 Å². The molecule has 6 rings (SSSR count). The highest BCUT2D eigenvalue weighted by atomic mass is 16.3. The number of carbonyl (C=O) groups is 4. The van der Waals surface area contributed by atoms with Crippen LogP contribution in [0.3, 0.4) is 0 Å². The number of carbonyl (C=O) groups excluding carboxylic acids is 4. The minimum absolute atomic E-state index is 0.0148. The fourth-order valence-corrected chi connectivity index (χ4v) is 7.73. The van der Waals surface area contributed by atoms with Crippen molar-refractivity contribution in [3.05, 3.63) is 75.8 Å². The number of aliphatic hydroxyl groups excluding tert-OH is 2. The lowest BCUT2D eigenvalue weighted by Crippen LogP contribution is -2.63. The van der Waals surface area contributed by atoms with Crippen LogP contribution in [-0.2, 0) is 27.3 Å². The molecule has 13 heteroatoms. The van der Waals surface area contributed by atoms with Crippen molar-refractivity contribution in [2.24, 2.45) is 23.5 Å². The first kappa shape index (κ1) is 32.2. The van der Waals surface area contributed by atoms with Crippen LogP contribution in [0.25, 0.3) is 0 Å². The number of allylic oxidation sites excluding steroid dienone is 1. The molecule has 1 heterocycles. The van der Waals surface area contributed by atoms with Gasteiger partial charge in [-0.05, 0) is 50.0 Å². The van der Waals surface area contributed by atoms with Gasteiger partial charge in [0, 0.05) is 50.9 Å². The third-order valence-electron chi connectivity index (χ3n) is 10.0. The summed E-state index contributed by atoms with van der Waals surface area (Å²) in [6, 6.07) is 10.4. The monoisotopic (exact) mass is 645 g/mol. The van der Waals surface area contributed by atoms with E-state index >= 15 is 0 Å². The third kappa shape index (κ3) is 4.96. The molecule has 47 heavy (non-hydrogen) atoms. The number of anilines is 2. The smallest absolute Gasteiger partial charge is 0.255 e. The molecule has 4 atom stereocenters. The van der Waals surface area contributed by atoms with Gasteiger partial charge in [0.2, 0.25) is 11.7 Å². The second kappa shape index (κ2) is 11.5. The number of aromatic hydroxyl groups is 1. The number of benzene rings is 2. The van der Waals surface area contributed by atoms with E-state index < -0.39 is 63.8 Å². The van der Waals surface area contributed by atoms with E-state index in [1.54, 1.807) is 39.2 Å². The van der Waals surface area contributed by atoms with Gasteiger partial charge in [0.15, 0.2) is 17.1 Å². The maximum Gasteiger partial charge on any atom is 0.255 e. The molecule has 0 saturated carbocycles. The second-order valence-corrected chi connectivity index (χ2v) is 13.4. The van der Waals surface area contributed by atoms with Gasteiger partial charge in [-0.3, -0.25) is 29.0 Å². The van der Waals surface area contributed by atoms with E-state index in [4.69, 9.17) is 5.73 Å². The van der Waals surface area contributed by atoms with Gasteiger partial charge >= 0.3 is 0 Å². The van der Waals surface area contributed by atoms with E-state index in [0.717, 1.165) is 5.56 Å². The molecule has 0 radical (unpaired) electrons. The summed E-state index contributed by atoms with van der Waals surface area (Å²) in [5.74, 6) is -7.92. The molecule has 13 nitrogen and oxygen atoms in total. The first-order chi connectivity index (χ1) is 22.2. The molecule has 0 spiro atoms. The lowest BCUT2D eigenvalue weighted by Gasteiger charge is -2.50. The Labute approximate surface area is 271 Å². The number of aliphatic hydroxyl groups is 3. The predicted molar refractivity (Wildman–Crippen MR) is 172 cm³/mol. The molecular weight excluding hydrogens is 606 g/mol. The first-order valence-corrected chi connectivity index (χ1v) is 15.4. The van der Waals surface area contributed by atoms with Crippen LogP contribution in [0.4, 0.5) is 11.4 Å². The number of nitrogens with zero attached hydrogens (tertiary/aromatic N) is 3. The molecule has 1 aliphatic heterocycles. The Hall–Kier alpha value is -4.72. The number of fused-ring (bicyclic) bond motifs is 3. The lowest BCUT2D eigenvalue weighted by molar-refractivity contribution is -0.148. The summed E-state index contributed by atoms with van der Waals surface area (Å²) in [5.41, 5.74) is 3.58. The summed E-state index contributed by atoms with van der Waals surface area (Å²) in [4.78, 5) is 58.7. The molecule has 1 saturated heterocycles. The number of ketones is 2. The van der Waals surface area contributed by atoms with E-state index in [1.165, 1.54) is 4.90 Å². The number of hydrogen-bond acceptors (Lipinski definition) is 11. The van der Waals surface area contributed by atoms with Gasteiger partial charge in [-0.1, -0.05) is 30.3 Å². The fourth-order valence-electron chi connectivity index (χ4n) is 7.73. The van der Waals surface area contributed by atoms with Gasteiger partial charge in [-0.15, -0.1) is 0 Å². The summed E-state index contributed by atoms with van der Waals surface area (Å²) in [6.45, 7) is 1.75. The number of nitrogens with one attached hydrogen (secondary N) is 1. The Morgan fingerprint density at radius 3 is 2.32 bits per heavy atom. The van der Waals surface area contributed by atoms with Crippen molar-refractivity contribution >= 4 is 34.8 Å². The number of phenols is 1. The zero-order chi connectivity index (χ0) is 34.1. The van der Waals surface area contributed by atoms with Crippen LogP contribution in [0.1, 0.15) is 27.9 Å². The van der Waals surface area contributed by atoms with E-state index in [2.05, 4.69) is 10.2 Å². The standard InChI is InChI=1S/C34H39N5O8/c1-37(2)22-12-21(36-33(46)18-14-39(15-18)13-16-8-6-5-7-9-16)27(40)24-19(22)10-17-11-20-26(38(3)4)29(42)25(32(35)45)31(44)34(20,47)30(43)23(17)28(24)41/h5-9,12,17-18,20,26,40,42-43,47H,10-11,13-15H2,1-4H3,(H2,35,45)(H,36,46)/t17-,20-,26-,34-/m0/s1. The highest BCUT2D eigenvalue weighted by molar-refractivity contribution is 6.25. The first-order valence-electron chi connectivity index (χ1n) is 15.4. The summed E-state index contributed by atoms with van der Waals surface area (Å²) in [7, 11) is 6.68. The van der Waals surface area contributed by atoms with Crippen molar-refractivity contribution in [2.45, 2.75) is 31.0 Å². The van der Waals surface area contributed by atoms with E-state index in [0.29, 0.717) is 30.9 Å². The lowest BCUT2D eigenvalue weighted by atomic mass is 9.58. The normalized spacial score (nSPS) is 26.0. The zero-order valence-electron chi connectivity index (χ0n) is 26.6. The quantitative estimate of drug-likeness (QED) is 0.187. The van der Waals surface area contributed by atoms with Crippen LogP contribution >= 0.6 is 0 Å². The van der Waals surface area contributed by atoms with Gasteiger partial charge in [0.1, 0.15) is 17.1 Å². The number of nitrogens with two attached hydrogens (primary N) is 1. The molecule has 248 valence electrons. The summed E-state index contributed by atoms with van der Waals surface area (Å²) in [5, 5.41) is 48.6. The number of primary amides is 1. The van der Waals surface area contributed by atoms with Crippen LogP contribution in [0.5, 0.6) is 5.75 Å². The number of amides is 2. The zero-order valence-corrected chi connectivity index (χ0v) is 26.6. The maximum atomic E-state index is 14.2. The Kier molecular flexibility index (Phi) is 7.89. The Balaban J connectivity index is 1.35. The van der Waals surface area contributed by atoms with E-state index in [9.17, 15) is 39.6 Å². The minimum atomic E-state index is -2.73. The highest BCUT2D eigenvalue weighted by Gasteiger charge is 2.63. The van der Waals surface area contributed by atoms with Crippen molar-refractivity contribution in [3.63, 3.8) is 0 Å². The number of phenolic OH excluding ortho intramolecular Hbond substituents is 1. The fraction of sp³-hybridized carbons (Fsp3) is 0.412. The Morgan fingerprint density at radius 2 is 1.72 bits per heavy atom. The number of Topliss-reactive ketones (excluding diaryl/α,β-unsaturated/α-hetero) is 2. The SMILES string of the molecule is CN(C)c1cc(NC(=O)C2CN(Cc3ccccc3)C2)c(O)c2c1C[C@H]1C[C@H]3[C@H](N(C)C)C(O)=C(C(N)=O)C(=O)[C@@]3(O)C(O)=C1C2=O. The average Bonchev–Trinajstić information content (AvgIpc) is 2.97. The highest BCUT2D eigenvalue weighted by Crippen LogP contribution is 2.54. The maximum absolute atomic E-state index is 14.2.